The first kappa shape index (κ1) is 18.9. The van der Waals surface area contributed by atoms with Crippen molar-refractivity contribution in [3.8, 4) is 0 Å². The maximum Gasteiger partial charge on any atom is 0.263 e. The minimum atomic E-state index is -0.468. The van der Waals surface area contributed by atoms with Gasteiger partial charge in [0, 0.05) is 41.8 Å². The molecule has 0 saturated carbocycles. The van der Waals surface area contributed by atoms with Crippen molar-refractivity contribution in [2.24, 2.45) is 5.73 Å². The summed E-state index contributed by atoms with van der Waals surface area (Å²) in [6.45, 7) is 0.997. The Morgan fingerprint density at radius 2 is 2.04 bits per heavy atom. The van der Waals surface area contributed by atoms with Crippen molar-refractivity contribution in [2.75, 3.05) is 13.1 Å². The zero-order valence-electron chi connectivity index (χ0n) is 14.2. The summed E-state index contributed by atoms with van der Waals surface area (Å²) < 4.78 is 0. The minimum absolute atomic E-state index is 0.0272. The number of hydrogen-bond donors (Lipinski definition) is 2. The second-order valence-electron chi connectivity index (χ2n) is 6.33. The van der Waals surface area contributed by atoms with Gasteiger partial charge in [-0.25, -0.2) is 4.98 Å². The summed E-state index contributed by atoms with van der Waals surface area (Å²) >= 11 is 12.3. The van der Waals surface area contributed by atoms with Gasteiger partial charge in [0.2, 0.25) is 0 Å². The lowest BCUT2D eigenvalue weighted by molar-refractivity contribution is 0.0621. The first-order valence-electron chi connectivity index (χ1n) is 8.53. The normalized spacial score (nSPS) is 17.3. The standard InChI is InChI=1S/C18H20Cl2N4O2/c19-14-5-3-6-15(20)12(14)8-16-22-10-13(17(25)23-16)18(26)24-7-2-1-4-11(24)9-21/h3,5-6,10-11H,1-2,4,7-9,21H2,(H,22,23,25)/t11-/m0/s1. The van der Waals surface area contributed by atoms with E-state index in [1.54, 1.807) is 23.1 Å². The summed E-state index contributed by atoms with van der Waals surface area (Å²) in [4.78, 5) is 33.8. The van der Waals surface area contributed by atoms with Gasteiger partial charge in [-0.15, -0.1) is 0 Å². The highest BCUT2D eigenvalue weighted by molar-refractivity contribution is 6.36. The lowest BCUT2D eigenvalue weighted by Crippen LogP contribution is -2.48. The Kier molecular flexibility index (Phi) is 5.96. The van der Waals surface area contributed by atoms with Gasteiger partial charge in [0.1, 0.15) is 11.4 Å². The number of rotatable bonds is 4. The van der Waals surface area contributed by atoms with Crippen LogP contribution >= 0.6 is 23.2 Å². The van der Waals surface area contributed by atoms with Crippen molar-refractivity contribution in [3.63, 3.8) is 0 Å². The fourth-order valence-corrected chi connectivity index (χ4v) is 3.74. The second-order valence-corrected chi connectivity index (χ2v) is 7.15. The number of piperidine rings is 1. The van der Waals surface area contributed by atoms with Crippen LogP contribution in [0.4, 0.5) is 0 Å². The predicted octanol–water partition coefficient (Wildman–Crippen LogP) is 2.62. The van der Waals surface area contributed by atoms with Crippen LogP contribution in [-0.4, -0.2) is 39.9 Å². The van der Waals surface area contributed by atoms with E-state index in [0.29, 0.717) is 34.5 Å². The van der Waals surface area contributed by atoms with E-state index in [9.17, 15) is 9.59 Å². The van der Waals surface area contributed by atoms with Gasteiger partial charge in [-0.3, -0.25) is 9.59 Å². The fraction of sp³-hybridized carbons (Fsp3) is 0.389. The molecule has 1 aliphatic rings. The monoisotopic (exact) mass is 394 g/mol. The molecule has 0 spiro atoms. The third-order valence-electron chi connectivity index (χ3n) is 4.65. The number of carbonyl (C=O) groups excluding carboxylic acids is 1. The number of halogens is 2. The van der Waals surface area contributed by atoms with Crippen LogP contribution in [0, 0.1) is 0 Å². The van der Waals surface area contributed by atoms with Gasteiger partial charge in [-0.05, 0) is 37.0 Å². The summed E-state index contributed by atoms with van der Waals surface area (Å²) in [7, 11) is 0. The Labute approximate surface area is 161 Å². The van der Waals surface area contributed by atoms with E-state index in [4.69, 9.17) is 28.9 Å². The highest BCUT2D eigenvalue weighted by Gasteiger charge is 2.28. The zero-order valence-corrected chi connectivity index (χ0v) is 15.7. The topological polar surface area (TPSA) is 92.1 Å². The van der Waals surface area contributed by atoms with Gasteiger partial charge in [0.25, 0.3) is 11.5 Å². The molecule has 6 nitrogen and oxygen atoms in total. The SMILES string of the molecule is NC[C@@H]1CCCCN1C(=O)c1cnc(Cc2c(Cl)cccc2Cl)[nH]c1=O. The number of carbonyl (C=O) groups is 1. The van der Waals surface area contributed by atoms with Gasteiger partial charge in [0.15, 0.2) is 0 Å². The van der Waals surface area contributed by atoms with Crippen molar-refractivity contribution in [3.05, 3.63) is 61.7 Å². The minimum Gasteiger partial charge on any atom is -0.334 e. The van der Waals surface area contributed by atoms with E-state index in [-0.39, 0.29) is 23.9 Å². The molecule has 0 radical (unpaired) electrons. The quantitative estimate of drug-likeness (QED) is 0.833. The summed E-state index contributed by atoms with van der Waals surface area (Å²) in [6, 6.07) is 5.17. The predicted molar refractivity (Wildman–Crippen MR) is 102 cm³/mol. The van der Waals surface area contributed by atoms with Crippen LogP contribution in [-0.2, 0) is 6.42 Å². The lowest BCUT2D eigenvalue weighted by atomic mass is 10.0. The van der Waals surface area contributed by atoms with Crippen LogP contribution in [0.5, 0.6) is 0 Å². The molecular weight excluding hydrogens is 375 g/mol. The van der Waals surface area contributed by atoms with Crippen molar-refractivity contribution in [1.29, 1.82) is 0 Å². The molecule has 1 aromatic heterocycles. The Balaban J connectivity index is 1.83. The van der Waals surface area contributed by atoms with E-state index in [2.05, 4.69) is 9.97 Å². The molecule has 0 unspecified atom stereocenters. The van der Waals surface area contributed by atoms with Crippen LogP contribution in [0.15, 0.2) is 29.2 Å². The summed E-state index contributed by atoms with van der Waals surface area (Å²) in [5.74, 6) is 0.0757. The van der Waals surface area contributed by atoms with Gasteiger partial charge < -0.3 is 15.6 Å². The van der Waals surface area contributed by atoms with E-state index in [0.717, 1.165) is 19.3 Å². The van der Waals surface area contributed by atoms with Gasteiger partial charge in [0.05, 0.1) is 0 Å². The molecule has 2 heterocycles. The first-order chi connectivity index (χ1) is 12.5. The maximum atomic E-state index is 12.7. The fourth-order valence-electron chi connectivity index (χ4n) is 3.21. The molecule has 1 saturated heterocycles. The average Bonchev–Trinajstić information content (AvgIpc) is 2.64. The third kappa shape index (κ3) is 3.92. The van der Waals surface area contributed by atoms with Crippen molar-refractivity contribution < 1.29 is 4.79 Å². The molecule has 3 N–H and O–H groups in total. The molecule has 3 rings (SSSR count). The Bertz CT molecular complexity index is 848. The molecule has 138 valence electrons. The molecule has 2 aromatic rings. The number of amides is 1. The van der Waals surface area contributed by atoms with E-state index < -0.39 is 5.56 Å². The summed E-state index contributed by atoms with van der Waals surface area (Å²) in [5.41, 5.74) is 6.00. The molecule has 1 aromatic carbocycles. The molecule has 1 aliphatic heterocycles. The Hall–Kier alpha value is -1.89. The van der Waals surface area contributed by atoms with E-state index >= 15 is 0 Å². The molecule has 8 heteroatoms. The molecular formula is C18H20Cl2N4O2. The number of hydrogen-bond acceptors (Lipinski definition) is 4. The van der Waals surface area contributed by atoms with Crippen LogP contribution in [0.1, 0.15) is 41.0 Å². The van der Waals surface area contributed by atoms with Crippen LogP contribution in [0.25, 0.3) is 0 Å². The number of nitrogens with one attached hydrogen (secondary N) is 1. The Morgan fingerprint density at radius 1 is 1.31 bits per heavy atom. The number of likely N-dealkylation sites (tertiary alicyclic amines) is 1. The number of aromatic nitrogens is 2. The van der Waals surface area contributed by atoms with Crippen molar-refractivity contribution in [1.82, 2.24) is 14.9 Å². The Morgan fingerprint density at radius 3 is 2.69 bits per heavy atom. The molecule has 26 heavy (non-hydrogen) atoms. The largest absolute Gasteiger partial charge is 0.334 e. The van der Waals surface area contributed by atoms with Gasteiger partial charge in [-0.2, -0.15) is 0 Å². The third-order valence-corrected chi connectivity index (χ3v) is 5.36. The van der Waals surface area contributed by atoms with E-state index in [1.165, 1.54) is 6.20 Å². The summed E-state index contributed by atoms with van der Waals surface area (Å²) in [5, 5.41) is 0.999. The van der Waals surface area contributed by atoms with Crippen LogP contribution in [0.3, 0.4) is 0 Å². The molecule has 1 amide bonds. The number of benzene rings is 1. The lowest BCUT2D eigenvalue weighted by Gasteiger charge is -2.34. The maximum absolute atomic E-state index is 12.7. The zero-order chi connectivity index (χ0) is 18.7. The highest BCUT2D eigenvalue weighted by Crippen LogP contribution is 2.25. The smallest absolute Gasteiger partial charge is 0.263 e. The van der Waals surface area contributed by atoms with Crippen molar-refractivity contribution in [2.45, 2.75) is 31.7 Å². The highest BCUT2D eigenvalue weighted by atomic mass is 35.5. The molecule has 0 bridgehead atoms. The average molecular weight is 395 g/mol. The second kappa shape index (κ2) is 8.20. The van der Waals surface area contributed by atoms with Crippen LogP contribution in [0.2, 0.25) is 10.0 Å². The van der Waals surface area contributed by atoms with Crippen molar-refractivity contribution >= 4 is 29.1 Å². The summed E-state index contributed by atoms with van der Waals surface area (Å²) in [6.07, 6.45) is 4.41. The van der Waals surface area contributed by atoms with E-state index in [1.807, 2.05) is 0 Å². The number of aromatic amines is 1. The van der Waals surface area contributed by atoms with Gasteiger partial charge >= 0.3 is 0 Å². The number of nitrogens with zero attached hydrogens (tertiary/aromatic N) is 2. The van der Waals surface area contributed by atoms with Crippen LogP contribution < -0.4 is 11.3 Å². The van der Waals surface area contributed by atoms with Gasteiger partial charge in [-0.1, -0.05) is 29.3 Å². The number of H-pyrrole nitrogens is 1. The first-order valence-corrected chi connectivity index (χ1v) is 9.29. The molecule has 1 atom stereocenters. The number of nitrogens with two attached hydrogens (primary N) is 1. The molecule has 1 fully saturated rings. The molecule has 0 aliphatic carbocycles.